The van der Waals surface area contributed by atoms with Crippen LogP contribution in [0.25, 0.3) is 11.4 Å². The number of β-amino-alcohol motifs (C(OH)–C–C–N with tert-alkyl or cyclic N) is 1. The highest BCUT2D eigenvalue weighted by molar-refractivity contribution is 7.09. The molecule has 1 saturated heterocycles. The summed E-state index contributed by atoms with van der Waals surface area (Å²) in [7, 11) is 4.10. The number of aliphatic hydroxyl groups excluding tert-OH is 1. The Kier molecular flexibility index (Phi) is 5.78. The minimum Gasteiger partial charge on any atom is -0.390 e. The Hall–Kier alpha value is -1.54. The lowest BCUT2D eigenvalue weighted by Crippen LogP contribution is -2.48. The lowest BCUT2D eigenvalue weighted by molar-refractivity contribution is 0.0843. The Labute approximate surface area is 147 Å². The van der Waals surface area contributed by atoms with Crippen LogP contribution in [0.3, 0.4) is 0 Å². The Bertz CT molecular complexity index is 627. The van der Waals surface area contributed by atoms with E-state index in [1.165, 1.54) is 11.5 Å². The van der Waals surface area contributed by atoms with Crippen LogP contribution in [0.1, 0.15) is 0 Å². The van der Waals surface area contributed by atoms with Crippen molar-refractivity contribution in [3.8, 4) is 11.4 Å². The van der Waals surface area contributed by atoms with Crippen molar-refractivity contribution in [1.82, 2.24) is 19.2 Å². The van der Waals surface area contributed by atoms with E-state index in [1.54, 1.807) is 0 Å². The number of rotatable bonds is 6. The number of benzene rings is 1. The van der Waals surface area contributed by atoms with Crippen LogP contribution in [0.4, 0.5) is 5.13 Å². The van der Waals surface area contributed by atoms with E-state index in [-0.39, 0.29) is 6.10 Å². The third-order valence-electron chi connectivity index (χ3n) is 4.32. The molecule has 24 heavy (non-hydrogen) atoms. The van der Waals surface area contributed by atoms with Gasteiger partial charge in [0.2, 0.25) is 5.13 Å². The van der Waals surface area contributed by atoms with Gasteiger partial charge in [-0.2, -0.15) is 9.36 Å². The molecular formula is C17H25N5OS. The zero-order valence-electron chi connectivity index (χ0n) is 14.3. The second-order valence-corrected chi connectivity index (χ2v) is 7.14. The molecule has 2 aromatic rings. The van der Waals surface area contributed by atoms with Crippen molar-refractivity contribution in [2.45, 2.75) is 6.10 Å². The van der Waals surface area contributed by atoms with Gasteiger partial charge in [-0.1, -0.05) is 30.3 Å². The van der Waals surface area contributed by atoms with Crippen LogP contribution in [-0.4, -0.2) is 83.7 Å². The van der Waals surface area contributed by atoms with Gasteiger partial charge in [0.05, 0.1) is 6.10 Å². The van der Waals surface area contributed by atoms with Gasteiger partial charge in [-0.15, -0.1) is 0 Å². The van der Waals surface area contributed by atoms with Crippen molar-refractivity contribution >= 4 is 16.7 Å². The summed E-state index contributed by atoms with van der Waals surface area (Å²) >= 11 is 1.37. The number of hydrogen-bond acceptors (Lipinski definition) is 7. The summed E-state index contributed by atoms with van der Waals surface area (Å²) in [5.74, 6) is 0.746. The molecule has 1 N–H and O–H groups in total. The molecule has 1 aromatic carbocycles. The average Bonchev–Trinajstić information content (AvgIpc) is 3.08. The number of piperazine rings is 1. The molecule has 0 bridgehead atoms. The molecule has 3 rings (SSSR count). The zero-order chi connectivity index (χ0) is 16.9. The van der Waals surface area contributed by atoms with Gasteiger partial charge in [-0.25, -0.2) is 0 Å². The normalized spacial score (nSPS) is 17.8. The number of nitrogens with zero attached hydrogens (tertiary/aromatic N) is 5. The summed E-state index contributed by atoms with van der Waals surface area (Å²) in [5.41, 5.74) is 1.02. The van der Waals surface area contributed by atoms with Crippen LogP contribution in [0.2, 0.25) is 0 Å². The first-order valence-electron chi connectivity index (χ1n) is 8.31. The first kappa shape index (κ1) is 17.3. The van der Waals surface area contributed by atoms with E-state index < -0.39 is 0 Å². The number of likely N-dealkylation sites (N-methyl/N-ethyl adjacent to an activating group) is 2. The molecule has 0 unspecified atom stereocenters. The van der Waals surface area contributed by atoms with E-state index >= 15 is 0 Å². The number of aliphatic hydroxyl groups is 1. The maximum atomic E-state index is 10.4. The molecule has 130 valence electrons. The first-order valence-corrected chi connectivity index (χ1v) is 9.08. The van der Waals surface area contributed by atoms with Gasteiger partial charge in [0.15, 0.2) is 5.82 Å². The minimum atomic E-state index is -0.387. The van der Waals surface area contributed by atoms with Crippen molar-refractivity contribution < 1.29 is 5.11 Å². The summed E-state index contributed by atoms with van der Waals surface area (Å²) in [4.78, 5) is 11.2. The number of aromatic nitrogens is 2. The molecule has 1 aliphatic heterocycles. The third kappa shape index (κ3) is 4.51. The molecule has 0 amide bonds. The molecule has 0 saturated carbocycles. The molecule has 0 spiro atoms. The van der Waals surface area contributed by atoms with Crippen LogP contribution >= 0.6 is 11.5 Å². The largest absolute Gasteiger partial charge is 0.390 e. The van der Waals surface area contributed by atoms with Gasteiger partial charge in [0.25, 0.3) is 0 Å². The van der Waals surface area contributed by atoms with Crippen LogP contribution < -0.4 is 4.90 Å². The second-order valence-electron chi connectivity index (χ2n) is 6.40. The summed E-state index contributed by atoms with van der Waals surface area (Å²) in [6, 6.07) is 9.97. The molecule has 0 radical (unpaired) electrons. The molecule has 1 aliphatic rings. The molecule has 1 aromatic heterocycles. The summed E-state index contributed by atoms with van der Waals surface area (Å²) in [6.45, 7) is 5.46. The van der Waals surface area contributed by atoms with Crippen LogP contribution in [0, 0.1) is 0 Å². The second kappa shape index (κ2) is 8.02. The van der Waals surface area contributed by atoms with Gasteiger partial charge >= 0.3 is 0 Å². The van der Waals surface area contributed by atoms with Crippen LogP contribution in [0.5, 0.6) is 0 Å². The quantitative estimate of drug-likeness (QED) is 0.849. The number of anilines is 1. The van der Waals surface area contributed by atoms with E-state index in [1.807, 2.05) is 42.3 Å². The topological polar surface area (TPSA) is 55.7 Å². The molecule has 6 nitrogen and oxygen atoms in total. The fraction of sp³-hybridized carbons (Fsp3) is 0.529. The highest BCUT2D eigenvalue weighted by Gasteiger charge is 2.19. The fourth-order valence-corrected chi connectivity index (χ4v) is 3.51. The standard InChI is InChI=1S/C17H25N5OS/c1-20-8-10-22(11-9-20)13-15(23)12-21(2)17-18-16(19-24-17)14-6-4-3-5-7-14/h3-7,15,23H,8-13H2,1-2H3/t15-/m1/s1. The van der Waals surface area contributed by atoms with Crippen molar-refractivity contribution in [1.29, 1.82) is 0 Å². The SMILES string of the molecule is CN1CCN(C[C@H](O)CN(C)c2nc(-c3ccccc3)ns2)CC1. The monoisotopic (exact) mass is 347 g/mol. The van der Waals surface area contributed by atoms with Gasteiger partial charge in [-0.05, 0) is 7.05 Å². The third-order valence-corrected chi connectivity index (χ3v) is 5.15. The van der Waals surface area contributed by atoms with Gasteiger partial charge in [0, 0.05) is 63.4 Å². The van der Waals surface area contributed by atoms with E-state index in [2.05, 4.69) is 26.2 Å². The van der Waals surface area contributed by atoms with E-state index in [4.69, 9.17) is 0 Å². The van der Waals surface area contributed by atoms with E-state index in [0.29, 0.717) is 13.1 Å². The molecular weight excluding hydrogens is 322 g/mol. The highest BCUT2D eigenvalue weighted by atomic mass is 32.1. The molecule has 2 heterocycles. The van der Waals surface area contributed by atoms with Gasteiger partial charge in [0.1, 0.15) is 0 Å². The molecule has 1 atom stereocenters. The van der Waals surface area contributed by atoms with Crippen molar-refractivity contribution in [3.63, 3.8) is 0 Å². The van der Waals surface area contributed by atoms with Gasteiger partial charge in [-0.3, -0.25) is 4.90 Å². The maximum Gasteiger partial charge on any atom is 0.205 e. The Morgan fingerprint density at radius 2 is 1.92 bits per heavy atom. The predicted octanol–water partition coefficient (Wildman–Crippen LogP) is 1.25. The minimum absolute atomic E-state index is 0.387. The smallest absolute Gasteiger partial charge is 0.205 e. The molecule has 7 heteroatoms. The summed E-state index contributed by atoms with van der Waals surface area (Å²) in [5, 5.41) is 11.2. The van der Waals surface area contributed by atoms with E-state index in [9.17, 15) is 5.11 Å². The fourth-order valence-electron chi connectivity index (χ4n) is 2.86. The Morgan fingerprint density at radius 3 is 2.62 bits per heavy atom. The highest BCUT2D eigenvalue weighted by Crippen LogP contribution is 2.23. The maximum absolute atomic E-state index is 10.4. The Morgan fingerprint density at radius 1 is 1.21 bits per heavy atom. The Balaban J connectivity index is 1.53. The predicted molar refractivity (Wildman–Crippen MR) is 98.6 cm³/mol. The van der Waals surface area contributed by atoms with Crippen molar-refractivity contribution in [3.05, 3.63) is 30.3 Å². The first-order chi connectivity index (χ1) is 11.6. The van der Waals surface area contributed by atoms with Crippen LogP contribution in [-0.2, 0) is 0 Å². The zero-order valence-corrected chi connectivity index (χ0v) is 15.1. The lowest BCUT2D eigenvalue weighted by atomic mass is 10.2. The van der Waals surface area contributed by atoms with E-state index in [0.717, 1.165) is 42.7 Å². The van der Waals surface area contributed by atoms with Crippen LogP contribution in [0.15, 0.2) is 30.3 Å². The molecule has 0 aliphatic carbocycles. The summed E-state index contributed by atoms with van der Waals surface area (Å²) < 4.78 is 4.43. The lowest BCUT2D eigenvalue weighted by Gasteiger charge is -2.34. The van der Waals surface area contributed by atoms with Gasteiger partial charge < -0.3 is 14.9 Å². The van der Waals surface area contributed by atoms with Crippen molar-refractivity contribution in [2.75, 3.05) is 58.3 Å². The number of hydrogen-bond donors (Lipinski definition) is 1. The molecule has 1 fully saturated rings. The van der Waals surface area contributed by atoms with Crippen molar-refractivity contribution in [2.24, 2.45) is 0 Å². The summed E-state index contributed by atoms with van der Waals surface area (Å²) in [6.07, 6.45) is -0.387. The average molecular weight is 347 g/mol.